The monoisotopic (exact) mass is 278 g/mol. The Labute approximate surface area is 124 Å². The Morgan fingerprint density at radius 3 is 2.67 bits per heavy atom. The molecular weight excluding hydrogens is 260 g/mol. The smallest absolute Gasteiger partial charge is 0.224 e. The van der Waals surface area contributed by atoms with E-state index in [1.807, 2.05) is 17.0 Å². The molecule has 1 unspecified atom stereocenters. The van der Waals surface area contributed by atoms with Crippen LogP contribution in [0.2, 0.25) is 0 Å². The average molecular weight is 278 g/mol. The molecule has 2 aromatic carbocycles. The molecule has 1 atom stereocenters. The SMILES string of the molecule is O=C1CCC2(Cc3ccccc3)Nc3ccccc3CN12. The largest absolute Gasteiger partial charge is 0.362 e. The summed E-state index contributed by atoms with van der Waals surface area (Å²) in [7, 11) is 0. The third-order valence-corrected chi connectivity index (χ3v) is 4.62. The Bertz CT molecular complexity index is 683. The molecule has 0 aromatic heterocycles. The zero-order valence-electron chi connectivity index (χ0n) is 11.9. The van der Waals surface area contributed by atoms with Gasteiger partial charge in [-0.25, -0.2) is 0 Å². The first-order chi connectivity index (χ1) is 10.3. The van der Waals surface area contributed by atoms with E-state index in [9.17, 15) is 4.79 Å². The maximum Gasteiger partial charge on any atom is 0.224 e. The molecule has 2 aliphatic heterocycles. The van der Waals surface area contributed by atoms with Gasteiger partial charge in [0.25, 0.3) is 0 Å². The number of hydrogen-bond acceptors (Lipinski definition) is 2. The van der Waals surface area contributed by atoms with Crippen LogP contribution >= 0.6 is 0 Å². The Morgan fingerprint density at radius 1 is 1.05 bits per heavy atom. The summed E-state index contributed by atoms with van der Waals surface area (Å²) >= 11 is 0. The van der Waals surface area contributed by atoms with Crippen LogP contribution in [0.1, 0.15) is 24.0 Å². The summed E-state index contributed by atoms with van der Waals surface area (Å²) in [6.45, 7) is 0.717. The number of anilines is 1. The molecule has 106 valence electrons. The minimum absolute atomic E-state index is 0.257. The van der Waals surface area contributed by atoms with Crippen LogP contribution in [-0.2, 0) is 17.8 Å². The van der Waals surface area contributed by atoms with Gasteiger partial charge < -0.3 is 10.2 Å². The number of nitrogens with zero attached hydrogens (tertiary/aromatic N) is 1. The number of carbonyl (C=O) groups excluding carboxylic acids is 1. The van der Waals surface area contributed by atoms with Gasteiger partial charge >= 0.3 is 0 Å². The second-order valence-corrected chi connectivity index (χ2v) is 5.96. The van der Waals surface area contributed by atoms with Crippen molar-refractivity contribution in [3.8, 4) is 0 Å². The lowest BCUT2D eigenvalue weighted by Crippen LogP contribution is -2.55. The molecule has 21 heavy (non-hydrogen) atoms. The van der Waals surface area contributed by atoms with Gasteiger partial charge in [0, 0.05) is 25.1 Å². The van der Waals surface area contributed by atoms with E-state index < -0.39 is 0 Å². The average Bonchev–Trinajstić information content (AvgIpc) is 2.83. The molecule has 0 radical (unpaired) electrons. The van der Waals surface area contributed by atoms with Crippen LogP contribution in [0, 0.1) is 0 Å². The molecule has 4 rings (SSSR count). The summed E-state index contributed by atoms with van der Waals surface area (Å²) in [4.78, 5) is 14.3. The highest BCUT2D eigenvalue weighted by atomic mass is 16.2. The molecular formula is C18H18N2O. The van der Waals surface area contributed by atoms with E-state index in [-0.39, 0.29) is 11.6 Å². The summed E-state index contributed by atoms with van der Waals surface area (Å²) in [6.07, 6.45) is 2.36. The van der Waals surface area contributed by atoms with E-state index in [0.29, 0.717) is 6.42 Å². The van der Waals surface area contributed by atoms with Gasteiger partial charge in [0.05, 0.1) is 0 Å². The van der Waals surface area contributed by atoms with E-state index in [4.69, 9.17) is 0 Å². The van der Waals surface area contributed by atoms with Crippen LogP contribution in [0.3, 0.4) is 0 Å². The molecule has 1 N–H and O–H groups in total. The lowest BCUT2D eigenvalue weighted by molar-refractivity contribution is -0.131. The molecule has 0 spiro atoms. The second kappa shape index (κ2) is 4.62. The van der Waals surface area contributed by atoms with Crippen molar-refractivity contribution in [3.63, 3.8) is 0 Å². The molecule has 3 nitrogen and oxygen atoms in total. The van der Waals surface area contributed by atoms with Crippen molar-refractivity contribution in [3.05, 3.63) is 65.7 Å². The summed E-state index contributed by atoms with van der Waals surface area (Å²) in [5.74, 6) is 0.257. The molecule has 1 saturated heterocycles. The standard InChI is InChI=1S/C18H18N2O/c21-17-10-11-18(12-14-6-2-1-3-7-14)19-16-9-5-4-8-15(16)13-20(17)18/h1-9,19H,10-13H2. The van der Waals surface area contributed by atoms with E-state index in [1.165, 1.54) is 16.8 Å². The predicted molar refractivity (Wildman–Crippen MR) is 82.7 cm³/mol. The zero-order chi connectivity index (χ0) is 14.3. The highest BCUT2D eigenvalue weighted by Crippen LogP contribution is 2.40. The van der Waals surface area contributed by atoms with Crippen molar-refractivity contribution >= 4 is 11.6 Å². The number of benzene rings is 2. The fourth-order valence-electron chi connectivity index (χ4n) is 3.55. The Hall–Kier alpha value is -2.29. The van der Waals surface area contributed by atoms with Crippen molar-refractivity contribution < 1.29 is 4.79 Å². The van der Waals surface area contributed by atoms with Gasteiger partial charge in [0.2, 0.25) is 5.91 Å². The van der Waals surface area contributed by atoms with Crippen molar-refractivity contribution in [1.29, 1.82) is 0 Å². The number of hydrogen-bond donors (Lipinski definition) is 1. The molecule has 2 aliphatic rings. The third kappa shape index (κ3) is 2.00. The van der Waals surface area contributed by atoms with Gasteiger partial charge in [-0.05, 0) is 23.6 Å². The van der Waals surface area contributed by atoms with Crippen molar-refractivity contribution in [2.75, 3.05) is 5.32 Å². The Balaban J connectivity index is 1.73. The van der Waals surface area contributed by atoms with Crippen LogP contribution < -0.4 is 5.32 Å². The number of para-hydroxylation sites is 1. The van der Waals surface area contributed by atoms with Gasteiger partial charge in [-0.3, -0.25) is 4.79 Å². The van der Waals surface area contributed by atoms with Crippen molar-refractivity contribution in [2.24, 2.45) is 0 Å². The lowest BCUT2D eigenvalue weighted by atomic mass is 9.93. The van der Waals surface area contributed by atoms with Crippen LogP contribution in [-0.4, -0.2) is 16.5 Å². The van der Waals surface area contributed by atoms with E-state index in [0.717, 1.165) is 19.4 Å². The summed E-state index contributed by atoms with van der Waals surface area (Å²) in [5, 5.41) is 3.66. The molecule has 1 amide bonds. The highest BCUT2D eigenvalue weighted by Gasteiger charge is 2.47. The van der Waals surface area contributed by atoms with Crippen LogP contribution in [0.4, 0.5) is 5.69 Å². The highest BCUT2D eigenvalue weighted by molar-refractivity contribution is 5.82. The third-order valence-electron chi connectivity index (χ3n) is 4.62. The Kier molecular flexibility index (Phi) is 2.74. The number of nitrogens with one attached hydrogen (secondary N) is 1. The normalized spacial score (nSPS) is 23.4. The molecule has 3 heteroatoms. The van der Waals surface area contributed by atoms with Gasteiger partial charge in [-0.1, -0.05) is 48.5 Å². The molecule has 0 aliphatic carbocycles. The van der Waals surface area contributed by atoms with E-state index in [2.05, 4.69) is 47.8 Å². The fraction of sp³-hybridized carbons (Fsp3) is 0.278. The minimum atomic E-state index is -0.257. The van der Waals surface area contributed by atoms with Gasteiger partial charge in [-0.2, -0.15) is 0 Å². The first kappa shape index (κ1) is 12.5. The molecule has 0 saturated carbocycles. The van der Waals surface area contributed by atoms with Crippen LogP contribution in [0.5, 0.6) is 0 Å². The summed E-state index contributed by atoms with van der Waals surface area (Å²) in [5.41, 5.74) is 3.38. The maximum absolute atomic E-state index is 12.3. The maximum atomic E-state index is 12.3. The minimum Gasteiger partial charge on any atom is -0.362 e. The van der Waals surface area contributed by atoms with E-state index >= 15 is 0 Å². The topological polar surface area (TPSA) is 32.3 Å². The number of amides is 1. The van der Waals surface area contributed by atoms with Crippen molar-refractivity contribution in [2.45, 2.75) is 31.5 Å². The van der Waals surface area contributed by atoms with Gasteiger partial charge in [-0.15, -0.1) is 0 Å². The summed E-state index contributed by atoms with van der Waals surface area (Å²) < 4.78 is 0. The summed E-state index contributed by atoms with van der Waals surface area (Å²) in [6, 6.07) is 18.7. The quantitative estimate of drug-likeness (QED) is 0.915. The van der Waals surface area contributed by atoms with Crippen molar-refractivity contribution in [1.82, 2.24) is 4.90 Å². The Morgan fingerprint density at radius 2 is 1.81 bits per heavy atom. The number of rotatable bonds is 2. The number of fused-ring (bicyclic) bond motifs is 2. The first-order valence-corrected chi connectivity index (χ1v) is 7.47. The predicted octanol–water partition coefficient (Wildman–Crippen LogP) is 3.17. The number of carbonyl (C=O) groups is 1. The van der Waals surface area contributed by atoms with Gasteiger partial charge in [0.15, 0.2) is 0 Å². The molecule has 0 bridgehead atoms. The lowest BCUT2D eigenvalue weighted by Gasteiger charge is -2.44. The molecule has 2 aromatic rings. The second-order valence-electron chi connectivity index (χ2n) is 5.96. The fourth-order valence-corrected chi connectivity index (χ4v) is 3.55. The van der Waals surface area contributed by atoms with Crippen LogP contribution in [0.15, 0.2) is 54.6 Å². The zero-order valence-corrected chi connectivity index (χ0v) is 11.9. The first-order valence-electron chi connectivity index (χ1n) is 7.47. The van der Waals surface area contributed by atoms with Crippen LogP contribution in [0.25, 0.3) is 0 Å². The van der Waals surface area contributed by atoms with Gasteiger partial charge in [0.1, 0.15) is 5.66 Å². The van der Waals surface area contributed by atoms with E-state index in [1.54, 1.807) is 0 Å². The molecule has 1 fully saturated rings. The molecule has 2 heterocycles.